The summed E-state index contributed by atoms with van der Waals surface area (Å²) in [4.78, 5) is 4.36. The molecule has 8 heteroatoms. The van der Waals surface area contributed by atoms with Gasteiger partial charge >= 0.3 is 0 Å². The van der Waals surface area contributed by atoms with Crippen LogP contribution in [0.3, 0.4) is 0 Å². The molecule has 1 aliphatic heterocycles. The number of halogens is 2. The predicted octanol–water partition coefficient (Wildman–Crippen LogP) is 4.21. The summed E-state index contributed by atoms with van der Waals surface area (Å²) in [6, 6.07) is 8.07. The first-order valence-electron chi connectivity index (χ1n) is 10.1. The highest BCUT2D eigenvalue weighted by atomic mass is 127. The number of rotatable bonds is 6. The van der Waals surface area contributed by atoms with Gasteiger partial charge in [-0.15, -0.1) is 34.2 Å². The number of hydrogen-bond acceptors (Lipinski definition) is 3. The molecule has 0 radical (unpaired) electrons. The smallest absolute Gasteiger partial charge is 0.191 e. The monoisotopic (exact) mass is 530 g/mol. The number of nitrogens with zero attached hydrogens (tertiary/aromatic N) is 4. The van der Waals surface area contributed by atoms with Crippen molar-refractivity contribution >= 4 is 41.5 Å². The van der Waals surface area contributed by atoms with E-state index in [1.54, 1.807) is 7.05 Å². The van der Waals surface area contributed by atoms with Crippen molar-refractivity contribution in [2.75, 3.05) is 13.6 Å². The van der Waals surface area contributed by atoms with E-state index in [4.69, 9.17) is 11.6 Å². The van der Waals surface area contributed by atoms with Gasteiger partial charge in [0.05, 0.1) is 6.54 Å². The van der Waals surface area contributed by atoms with E-state index in [0.717, 1.165) is 48.6 Å². The van der Waals surface area contributed by atoms with Gasteiger partial charge in [0, 0.05) is 31.6 Å². The van der Waals surface area contributed by atoms with Gasteiger partial charge in [0.15, 0.2) is 11.8 Å². The Bertz CT molecular complexity index is 817. The number of hydrogen-bond donors (Lipinski definition) is 2. The SMILES string of the molecule is CN=C(NCc1nnc2n1CCCCC2)NCC(C)(C)Cc1cccc(Cl)c1.I. The van der Waals surface area contributed by atoms with E-state index in [0.29, 0.717) is 6.54 Å². The molecule has 29 heavy (non-hydrogen) atoms. The fourth-order valence-corrected chi connectivity index (χ4v) is 3.86. The molecule has 1 aromatic heterocycles. The van der Waals surface area contributed by atoms with Gasteiger partial charge in [-0.3, -0.25) is 4.99 Å². The normalized spacial score (nSPS) is 14.6. The Kier molecular flexibility index (Phi) is 9.20. The molecule has 0 unspecified atom stereocenters. The molecule has 0 aliphatic carbocycles. The molecule has 0 spiro atoms. The third-order valence-corrected chi connectivity index (χ3v) is 5.36. The number of guanidine groups is 1. The van der Waals surface area contributed by atoms with Gasteiger partial charge in [-0.25, -0.2) is 0 Å². The van der Waals surface area contributed by atoms with Gasteiger partial charge in [-0.2, -0.15) is 0 Å². The number of aryl methyl sites for hydroxylation is 1. The van der Waals surface area contributed by atoms with Gasteiger partial charge in [0.25, 0.3) is 0 Å². The second-order valence-corrected chi connectivity index (χ2v) is 8.68. The molecule has 1 aromatic carbocycles. The largest absolute Gasteiger partial charge is 0.356 e. The zero-order valence-corrected chi connectivity index (χ0v) is 20.6. The van der Waals surface area contributed by atoms with Crippen LogP contribution in [0.25, 0.3) is 0 Å². The summed E-state index contributed by atoms with van der Waals surface area (Å²) in [5.74, 6) is 2.88. The Balaban J connectivity index is 0.00000300. The summed E-state index contributed by atoms with van der Waals surface area (Å²) in [6.07, 6.45) is 5.63. The van der Waals surface area contributed by atoms with Crippen LogP contribution in [-0.2, 0) is 25.9 Å². The molecule has 1 aliphatic rings. The van der Waals surface area contributed by atoms with Crippen LogP contribution in [0.15, 0.2) is 29.3 Å². The first-order valence-corrected chi connectivity index (χ1v) is 10.4. The lowest BCUT2D eigenvalue weighted by molar-refractivity contribution is 0.359. The van der Waals surface area contributed by atoms with Crippen LogP contribution in [0.5, 0.6) is 0 Å². The number of nitrogens with one attached hydrogen (secondary N) is 2. The zero-order chi connectivity index (χ0) is 20.0. The van der Waals surface area contributed by atoms with Crippen LogP contribution >= 0.6 is 35.6 Å². The summed E-state index contributed by atoms with van der Waals surface area (Å²) in [5, 5.41) is 16.3. The zero-order valence-electron chi connectivity index (χ0n) is 17.5. The number of aromatic nitrogens is 3. The van der Waals surface area contributed by atoms with Crippen molar-refractivity contribution in [2.24, 2.45) is 10.4 Å². The standard InChI is InChI=1S/C21H31ClN6.HI/c1-21(2,13-16-8-7-9-17(22)12-16)15-25-20(23-3)24-14-19-27-26-18-10-5-4-6-11-28(18)19;/h7-9,12H,4-6,10-11,13-15H2,1-3H3,(H2,23,24,25);1H. The van der Waals surface area contributed by atoms with E-state index in [1.165, 1.54) is 24.8 Å². The van der Waals surface area contributed by atoms with Crippen molar-refractivity contribution < 1.29 is 0 Å². The Labute approximate surface area is 195 Å². The summed E-state index contributed by atoms with van der Waals surface area (Å²) < 4.78 is 2.26. The number of benzene rings is 1. The Morgan fingerprint density at radius 3 is 2.79 bits per heavy atom. The van der Waals surface area contributed by atoms with Crippen LogP contribution in [0, 0.1) is 5.41 Å². The predicted molar refractivity (Wildman–Crippen MR) is 130 cm³/mol. The highest BCUT2D eigenvalue weighted by molar-refractivity contribution is 14.0. The van der Waals surface area contributed by atoms with E-state index in [-0.39, 0.29) is 29.4 Å². The third-order valence-electron chi connectivity index (χ3n) is 5.13. The van der Waals surface area contributed by atoms with Crippen molar-refractivity contribution in [1.29, 1.82) is 0 Å². The third kappa shape index (κ3) is 7.13. The summed E-state index contributed by atoms with van der Waals surface area (Å²) in [7, 11) is 1.80. The lowest BCUT2D eigenvalue weighted by Gasteiger charge is -2.26. The molecule has 0 saturated carbocycles. The van der Waals surface area contributed by atoms with E-state index in [9.17, 15) is 0 Å². The molecule has 0 fully saturated rings. The van der Waals surface area contributed by atoms with Crippen LogP contribution in [0.1, 0.15) is 50.3 Å². The quantitative estimate of drug-likeness (QED) is 0.334. The second kappa shape index (κ2) is 11.2. The van der Waals surface area contributed by atoms with E-state index in [1.807, 2.05) is 18.2 Å². The molecule has 0 bridgehead atoms. The highest BCUT2D eigenvalue weighted by Crippen LogP contribution is 2.22. The van der Waals surface area contributed by atoms with Crippen molar-refractivity contribution in [3.63, 3.8) is 0 Å². The fraction of sp³-hybridized carbons (Fsp3) is 0.571. The van der Waals surface area contributed by atoms with E-state index in [2.05, 4.69) is 50.3 Å². The van der Waals surface area contributed by atoms with Crippen LogP contribution in [0.2, 0.25) is 5.02 Å². The molecule has 0 amide bonds. The van der Waals surface area contributed by atoms with Gasteiger partial charge in [0.1, 0.15) is 5.82 Å². The van der Waals surface area contributed by atoms with Crippen LogP contribution in [0.4, 0.5) is 0 Å². The maximum absolute atomic E-state index is 6.12. The molecular formula is C21H32ClIN6. The maximum atomic E-state index is 6.12. The maximum Gasteiger partial charge on any atom is 0.191 e. The van der Waals surface area contributed by atoms with E-state index < -0.39 is 0 Å². The Hall–Kier alpha value is -1.35. The molecule has 6 nitrogen and oxygen atoms in total. The van der Waals surface area contributed by atoms with Crippen molar-refractivity contribution in [3.05, 3.63) is 46.5 Å². The first-order chi connectivity index (χ1) is 13.5. The van der Waals surface area contributed by atoms with Gasteiger partial charge < -0.3 is 15.2 Å². The van der Waals surface area contributed by atoms with E-state index >= 15 is 0 Å². The van der Waals surface area contributed by atoms with Gasteiger partial charge in [-0.05, 0) is 42.4 Å². The molecule has 2 N–H and O–H groups in total. The molecule has 3 rings (SSSR count). The molecule has 160 valence electrons. The topological polar surface area (TPSA) is 67.1 Å². The minimum Gasteiger partial charge on any atom is -0.356 e. The number of aliphatic imine (C=N–C) groups is 1. The molecule has 2 aromatic rings. The molecule has 0 saturated heterocycles. The first kappa shape index (κ1) is 23.9. The Morgan fingerprint density at radius 1 is 1.21 bits per heavy atom. The van der Waals surface area contributed by atoms with Gasteiger partial charge in [0.2, 0.25) is 0 Å². The van der Waals surface area contributed by atoms with Crippen LogP contribution in [-0.4, -0.2) is 34.3 Å². The highest BCUT2D eigenvalue weighted by Gasteiger charge is 2.20. The average molecular weight is 531 g/mol. The lowest BCUT2D eigenvalue weighted by atomic mass is 9.86. The molecular weight excluding hydrogens is 499 g/mol. The minimum atomic E-state index is 0. The number of fused-ring (bicyclic) bond motifs is 1. The second-order valence-electron chi connectivity index (χ2n) is 8.24. The summed E-state index contributed by atoms with van der Waals surface area (Å²) in [5.41, 5.74) is 1.31. The molecule has 0 atom stereocenters. The molecule has 2 heterocycles. The fourth-order valence-electron chi connectivity index (χ4n) is 3.64. The summed E-state index contributed by atoms with van der Waals surface area (Å²) >= 11 is 6.12. The van der Waals surface area contributed by atoms with Gasteiger partial charge in [-0.1, -0.05) is 44.0 Å². The van der Waals surface area contributed by atoms with Crippen molar-refractivity contribution in [2.45, 2.75) is 59.0 Å². The van der Waals surface area contributed by atoms with Crippen LogP contribution < -0.4 is 10.6 Å². The Morgan fingerprint density at radius 2 is 2.03 bits per heavy atom. The lowest BCUT2D eigenvalue weighted by Crippen LogP contribution is -2.42. The average Bonchev–Trinajstić information content (AvgIpc) is 2.88. The van der Waals surface area contributed by atoms with Crippen molar-refractivity contribution in [1.82, 2.24) is 25.4 Å². The summed E-state index contributed by atoms with van der Waals surface area (Å²) in [6.45, 7) is 6.93. The minimum absolute atomic E-state index is 0. The van der Waals surface area contributed by atoms with Crippen molar-refractivity contribution in [3.8, 4) is 0 Å².